The summed E-state index contributed by atoms with van der Waals surface area (Å²) < 4.78 is 12.5. The number of aromatic nitrogens is 2. The summed E-state index contributed by atoms with van der Waals surface area (Å²) in [5.74, 6) is 1.42. The van der Waals surface area contributed by atoms with Crippen LogP contribution in [0.25, 0.3) is 16.9 Å². The van der Waals surface area contributed by atoms with E-state index in [-0.39, 0.29) is 12.4 Å². The van der Waals surface area contributed by atoms with E-state index in [2.05, 4.69) is 4.98 Å². The number of imidazole rings is 1. The maximum absolute atomic E-state index is 5.31. The molecular formula is C15H15ClN2O2. The molecule has 0 N–H and O–H groups in total. The van der Waals surface area contributed by atoms with Crippen LogP contribution in [0.2, 0.25) is 0 Å². The van der Waals surface area contributed by atoms with Gasteiger partial charge in [0.1, 0.15) is 5.65 Å². The van der Waals surface area contributed by atoms with Gasteiger partial charge in [-0.1, -0.05) is 6.07 Å². The standard InChI is InChI=1S/C15H14N2O2.ClH/c1-18-13-7-6-11(9-14(13)19-2)12-10-17-8-4-3-5-15(17)16-12;/h3-10H,1-2H3;1H. The van der Waals surface area contributed by atoms with E-state index in [4.69, 9.17) is 9.47 Å². The van der Waals surface area contributed by atoms with Crippen molar-refractivity contribution in [3.05, 3.63) is 48.8 Å². The second-order valence-electron chi connectivity index (χ2n) is 4.16. The molecule has 2 aromatic heterocycles. The Labute approximate surface area is 123 Å². The lowest BCUT2D eigenvalue weighted by atomic mass is 10.1. The van der Waals surface area contributed by atoms with Crippen LogP contribution in [0.1, 0.15) is 0 Å². The molecule has 2 heterocycles. The average molecular weight is 291 g/mol. The molecule has 0 saturated heterocycles. The Morgan fingerprint density at radius 2 is 1.80 bits per heavy atom. The molecule has 3 rings (SSSR count). The molecule has 20 heavy (non-hydrogen) atoms. The average Bonchev–Trinajstić information content (AvgIpc) is 2.90. The zero-order valence-corrected chi connectivity index (χ0v) is 12.1. The van der Waals surface area contributed by atoms with Crippen LogP contribution in [0, 0.1) is 0 Å². The number of hydrogen-bond acceptors (Lipinski definition) is 3. The van der Waals surface area contributed by atoms with Crippen LogP contribution in [0.3, 0.4) is 0 Å². The molecule has 4 nitrogen and oxygen atoms in total. The Morgan fingerprint density at radius 3 is 2.50 bits per heavy atom. The third kappa shape index (κ3) is 2.42. The Kier molecular flexibility index (Phi) is 4.15. The summed E-state index contributed by atoms with van der Waals surface area (Å²) in [7, 11) is 3.26. The van der Waals surface area contributed by atoms with E-state index in [9.17, 15) is 0 Å². The first-order valence-corrected chi connectivity index (χ1v) is 5.98. The van der Waals surface area contributed by atoms with Gasteiger partial charge in [0.2, 0.25) is 0 Å². The normalized spacial score (nSPS) is 10.1. The summed E-state index contributed by atoms with van der Waals surface area (Å²) in [5, 5.41) is 0. The first-order valence-electron chi connectivity index (χ1n) is 5.98. The molecule has 0 aliphatic carbocycles. The number of hydrogen-bond donors (Lipinski definition) is 0. The van der Waals surface area contributed by atoms with Gasteiger partial charge in [-0.05, 0) is 30.3 Å². The van der Waals surface area contributed by atoms with Crippen molar-refractivity contribution in [3.8, 4) is 22.8 Å². The molecule has 0 saturated carbocycles. The van der Waals surface area contributed by atoms with Crippen molar-refractivity contribution in [1.82, 2.24) is 9.38 Å². The number of fused-ring (bicyclic) bond motifs is 1. The second kappa shape index (κ2) is 5.84. The smallest absolute Gasteiger partial charge is 0.161 e. The van der Waals surface area contributed by atoms with Gasteiger partial charge in [0.05, 0.1) is 19.9 Å². The molecule has 0 fully saturated rings. The van der Waals surface area contributed by atoms with Gasteiger partial charge in [0.15, 0.2) is 11.5 Å². The van der Waals surface area contributed by atoms with Gasteiger partial charge in [-0.15, -0.1) is 12.4 Å². The number of benzene rings is 1. The highest BCUT2D eigenvalue weighted by molar-refractivity contribution is 5.85. The molecule has 0 aliphatic rings. The number of halogens is 1. The molecule has 0 amide bonds. The number of pyridine rings is 1. The van der Waals surface area contributed by atoms with Crippen LogP contribution in [0.15, 0.2) is 48.8 Å². The topological polar surface area (TPSA) is 35.8 Å². The van der Waals surface area contributed by atoms with E-state index in [1.165, 1.54) is 0 Å². The van der Waals surface area contributed by atoms with Crippen molar-refractivity contribution in [2.24, 2.45) is 0 Å². The van der Waals surface area contributed by atoms with Crippen molar-refractivity contribution in [1.29, 1.82) is 0 Å². The molecule has 104 valence electrons. The molecule has 5 heteroatoms. The summed E-state index contributed by atoms with van der Waals surface area (Å²) in [6.45, 7) is 0. The fraction of sp³-hybridized carbons (Fsp3) is 0.133. The molecule has 1 aromatic carbocycles. The zero-order valence-electron chi connectivity index (χ0n) is 11.2. The number of rotatable bonds is 3. The van der Waals surface area contributed by atoms with Gasteiger partial charge in [0.25, 0.3) is 0 Å². The minimum Gasteiger partial charge on any atom is -0.493 e. The predicted molar refractivity (Wildman–Crippen MR) is 81.0 cm³/mol. The minimum atomic E-state index is 0. The Balaban J connectivity index is 0.00000147. The van der Waals surface area contributed by atoms with Crippen molar-refractivity contribution >= 4 is 18.1 Å². The number of methoxy groups -OCH3 is 2. The largest absolute Gasteiger partial charge is 0.493 e. The summed E-state index contributed by atoms with van der Waals surface area (Å²) in [6.07, 6.45) is 3.98. The van der Waals surface area contributed by atoms with Crippen LogP contribution in [0.4, 0.5) is 0 Å². The Bertz CT molecular complexity index is 692. The number of ether oxygens (including phenoxy) is 2. The van der Waals surface area contributed by atoms with Crippen LogP contribution >= 0.6 is 12.4 Å². The monoisotopic (exact) mass is 290 g/mol. The molecule has 0 aliphatic heterocycles. The van der Waals surface area contributed by atoms with Crippen LogP contribution in [-0.2, 0) is 0 Å². The summed E-state index contributed by atoms with van der Waals surface area (Å²) in [6, 6.07) is 11.7. The zero-order chi connectivity index (χ0) is 13.2. The maximum atomic E-state index is 5.31. The van der Waals surface area contributed by atoms with E-state index in [1.807, 2.05) is 53.2 Å². The van der Waals surface area contributed by atoms with E-state index >= 15 is 0 Å². The highest BCUT2D eigenvalue weighted by Gasteiger charge is 2.08. The number of nitrogens with zero attached hydrogens (tertiary/aromatic N) is 2. The lowest BCUT2D eigenvalue weighted by Gasteiger charge is -2.08. The van der Waals surface area contributed by atoms with Crippen LogP contribution in [0.5, 0.6) is 11.5 Å². The lowest BCUT2D eigenvalue weighted by molar-refractivity contribution is 0.355. The quantitative estimate of drug-likeness (QED) is 0.741. The van der Waals surface area contributed by atoms with Gasteiger partial charge in [-0.2, -0.15) is 0 Å². The van der Waals surface area contributed by atoms with Gasteiger partial charge in [-0.25, -0.2) is 4.98 Å². The lowest BCUT2D eigenvalue weighted by Crippen LogP contribution is -1.90. The highest BCUT2D eigenvalue weighted by Crippen LogP contribution is 2.31. The maximum Gasteiger partial charge on any atom is 0.161 e. The first-order chi connectivity index (χ1) is 9.31. The minimum absolute atomic E-state index is 0. The van der Waals surface area contributed by atoms with Gasteiger partial charge in [-0.3, -0.25) is 0 Å². The molecule has 0 atom stereocenters. The van der Waals surface area contributed by atoms with Crippen LogP contribution < -0.4 is 9.47 Å². The van der Waals surface area contributed by atoms with Gasteiger partial charge >= 0.3 is 0 Å². The summed E-state index contributed by atoms with van der Waals surface area (Å²) in [5.41, 5.74) is 2.83. The molecule has 3 aromatic rings. The van der Waals surface area contributed by atoms with Crippen LogP contribution in [-0.4, -0.2) is 23.6 Å². The highest BCUT2D eigenvalue weighted by atomic mass is 35.5. The van der Waals surface area contributed by atoms with E-state index in [0.717, 1.165) is 22.7 Å². The van der Waals surface area contributed by atoms with Crippen molar-refractivity contribution in [3.63, 3.8) is 0 Å². The van der Waals surface area contributed by atoms with E-state index in [0.29, 0.717) is 5.75 Å². The van der Waals surface area contributed by atoms with E-state index in [1.54, 1.807) is 14.2 Å². The molecule has 0 bridgehead atoms. The molecule has 0 spiro atoms. The molecule has 0 unspecified atom stereocenters. The van der Waals surface area contributed by atoms with Gasteiger partial charge < -0.3 is 13.9 Å². The fourth-order valence-electron chi connectivity index (χ4n) is 2.07. The van der Waals surface area contributed by atoms with Crippen molar-refractivity contribution in [2.75, 3.05) is 14.2 Å². The Hall–Kier alpha value is -2.20. The predicted octanol–water partition coefficient (Wildman–Crippen LogP) is 3.44. The summed E-state index contributed by atoms with van der Waals surface area (Å²) >= 11 is 0. The fourth-order valence-corrected chi connectivity index (χ4v) is 2.07. The summed E-state index contributed by atoms with van der Waals surface area (Å²) in [4.78, 5) is 4.58. The molecule has 0 radical (unpaired) electrons. The van der Waals surface area contributed by atoms with Gasteiger partial charge in [0, 0.05) is 18.0 Å². The molecular weight excluding hydrogens is 276 g/mol. The van der Waals surface area contributed by atoms with E-state index < -0.39 is 0 Å². The van der Waals surface area contributed by atoms with Crippen molar-refractivity contribution < 1.29 is 9.47 Å². The van der Waals surface area contributed by atoms with Crippen molar-refractivity contribution in [2.45, 2.75) is 0 Å². The third-order valence-electron chi connectivity index (χ3n) is 3.04. The third-order valence-corrected chi connectivity index (χ3v) is 3.04. The Morgan fingerprint density at radius 1 is 1.00 bits per heavy atom. The second-order valence-corrected chi connectivity index (χ2v) is 4.16. The SMILES string of the molecule is COc1ccc(-c2cn3ccccc3n2)cc1OC.Cl. The first kappa shape index (κ1) is 14.2.